The van der Waals surface area contributed by atoms with Crippen LogP contribution in [0.1, 0.15) is 17.2 Å². The van der Waals surface area contributed by atoms with Crippen LogP contribution in [0, 0.1) is 0 Å². The summed E-state index contributed by atoms with van der Waals surface area (Å²) in [7, 11) is -2.20. The van der Waals surface area contributed by atoms with Crippen LogP contribution in [0.3, 0.4) is 0 Å². The zero-order valence-electron chi connectivity index (χ0n) is 13.3. The number of hydrogen-bond acceptors (Lipinski definition) is 8. The molecule has 1 atom stereocenters. The summed E-state index contributed by atoms with van der Waals surface area (Å²) in [6.07, 6.45) is -3.95. The monoisotopic (exact) mass is 389 g/mol. The maximum absolute atomic E-state index is 12.9. The van der Waals surface area contributed by atoms with E-state index in [2.05, 4.69) is 20.6 Å². The van der Waals surface area contributed by atoms with E-state index in [-0.39, 0.29) is 16.6 Å². The van der Waals surface area contributed by atoms with Crippen LogP contribution >= 0.6 is 0 Å². The lowest BCUT2D eigenvalue weighted by atomic mass is 10.1. The number of alkyl halides is 3. The molecule has 3 rings (SSSR count). The molecule has 0 aliphatic carbocycles. The molecule has 26 heavy (non-hydrogen) atoms. The molecule has 4 N–H and O–H groups in total. The fraction of sp³-hybridized carbons (Fsp3) is 0.286. The first-order chi connectivity index (χ1) is 12.2. The van der Waals surface area contributed by atoms with Crippen LogP contribution in [0.2, 0.25) is 0 Å². The number of aromatic nitrogens is 2. The highest BCUT2D eigenvalue weighted by Gasteiger charge is 2.36. The summed E-state index contributed by atoms with van der Waals surface area (Å²) in [5.41, 5.74) is 1.64. The Morgan fingerprint density at radius 3 is 2.65 bits per heavy atom. The molecule has 12 heteroatoms. The average molecular weight is 389 g/mol. The van der Waals surface area contributed by atoms with Gasteiger partial charge in [-0.05, 0) is 23.8 Å². The number of nitrogens with one attached hydrogen (secondary N) is 3. The van der Waals surface area contributed by atoms with Gasteiger partial charge >= 0.3 is 6.18 Å². The van der Waals surface area contributed by atoms with Crippen molar-refractivity contribution in [1.29, 1.82) is 0 Å². The molecule has 2 heterocycles. The number of hydroxylamine groups is 1. The van der Waals surface area contributed by atoms with Crippen molar-refractivity contribution >= 4 is 27.3 Å². The standard InChI is InChI=1S/C14H14F3N5O3S/c1-18-12-9(14(15,16)17)5-19-13(21-12)20-7-2-3-11-8(4-7)10(22-23)6-26(11,24)25/h2-5,10,22-23H,6H2,1H3,(H2,18,19,20,21). The molecular weight excluding hydrogens is 375 g/mol. The Hall–Kier alpha value is -2.44. The second-order valence-electron chi connectivity index (χ2n) is 5.54. The van der Waals surface area contributed by atoms with Crippen LogP contribution in [0.15, 0.2) is 29.3 Å². The first kappa shape index (κ1) is 18.4. The van der Waals surface area contributed by atoms with E-state index < -0.39 is 33.4 Å². The molecule has 0 spiro atoms. The normalized spacial score (nSPS) is 18.4. The molecule has 1 aliphatic heterocycles. The van der Waals surface area contributed by atoms with Crippen molar-refractivity contribution in [3.8, 4) is 0 Å². The molecule has 1 unspecified atom stereocenters. The molecule has 8 nitrogen and oxygen atoms in total. The summed E-state index contributed by atoms with van der Waals surface area (Å²) in [5.74, 6) is -0.784. The number of hydrogen-bond donors (Lipinski definition) is 4. The fourth-order valence-electron chi connectivity index (χ4n) is 2.66. The lowest BCUT2D eigenvalue weighted by Gasteiger charge is -2.13. The highest BCUT2D eigenvalue weighted by Crippen LogP contribution is 2.36. The van der Waals surface area contributed by atoms with E-state index >= 15 is 0 Å². The minimum Gasteiger partial charge on any atom is -0.372 e. The van der Waals surface area contributed by atoms with Crippen LogP contribution in [0.25, 0.3) is 0 Å². The van der Waals surface area contributed by atoms with Crippen LogP contribution in [0.4, 0.5) is 30.6 Å². The molecule has 0 fully saturated rings. The van der Waals surface area contributed by atoms with Crippen LogP contribution < -0.4 is 16.1 Å². The molecule has 1 aliphatic rings. The summed E-state index contributed by atoms with van der Waals surface area (Å²) in [4.78, 5) is 7.50. The number of fused-ring (bicyclic) bond motifs is 1. The zero-order chi connectivity index (χ0) is 19.1. The van der Waals surface area contributed by atoms with E-state index in [4.69, 9.17) is 5.21 Å². The maximum atomic E-state index is 12.9. The van der Waals surface area contributed by atoms with Gasteiger partial charge in [0.1, 0.15) is 11.4 Å². The van der Waals surface area contributed by atoms with E-state index in [1.165, 1.54) is 25.2 Å². The van der Waals surface area contributed by atoms with Crippen LogP contribution in [-0.2, 0) is 16.0 Å². The van der Waals surface area contributed by atoms with Crippen molar-refractivity contribution in [2.45, 2.75) is 17.1 Å². The van der Waals surface area contributed by atoms with Gasteiger partial charge in [-0.25, -0.2) is 13.4 Å². The Balaban J connectivity index is 1.93. The largest absolute Gasteiger partial charge is 0.421 e. The fourth-order valence-corrected chi connectivity index (χ4v) is 4.36. The first-order valence-electron chi connectivity index (χ1n) is 7.31. The topological polar surface area (TPSA) is 116 Å². The van der Waals surface area contributed by atoms with Gasteiger partial charge in [-0.2, -0.15) is 23.6 Å². The van der Waals surface area contributed by atoms with Crippen LogP contribution in [0.5, 0.6) is 0 Å². The highest BCUT2D eigenvalue weighted by atomic mass is 32.2. The van der Waals surface area contributed by atoms with Gasteiger partial charge in [0.2, 0.25) is 5.95 Å². The Morgan fingerprint density at radius 2 is 2.04 bits per heavy atom. The average Bonchev–Trinajstić information content (AvgIpc) is 2.84. The summed E-state index contributed by atoms with van der Waals surface area (Å²) >= 11 is 0. The number of anilines is 3. The molecule has 1 aromatic carbocycles. The van der Waals surface area contributed by atoms with E-state index in [1.807, 2.05) is 5.48 Å². The lowest BCUT2D eigenvalue weighted by molar-refractivity contribution is -0.137. The van der Waals surface area contributed by atoms with Gasteiger partial charge in [-0.15, -0.1) is 0 Å². The Kier molecular flexibility index (Phi) is 4.50. The van der Waals surface area contributed by atoms with Gasteiger partial charge in [0, 0.05) is 18.9 Å². The van der Waals surface area contributed by atoms with Gasteiger partial charge in [0.15, 0.2) is 9.84 Å². The Morgan fingerprint density at radius 1 is 1.31 bits per heavy atom. The number of nitrogens with zero attached hydrogens (tertiary/aromatic N) is 2. The predicted molar refractivity (Wildman–Crippen MR) is 86.0 cm³/mol. The van der Waals surface area contributed by atoms with Crippen molar-refractivity contribution in [3.63, 3.8) is 0 Å². The molecule has 1 aromatic heterocycles. The van der Waals surface area contributed by atoms with E-state index in [0.717, 1.165) is 0 Å². The zero-order valence-corrected chi connectivity index (χ0v) is 14.1. The summed E-state index contributed by atoms with van der Waals surface area (Å²) in [6, 6.07) is 3.47. The Bertz CT molecular complexity index is 949. The molecule has 0 amide bonds. The van der Waals surface area contributed by atoms with Crippen molar-refractivity contribution in [2.24, 2.45) is 0 Å². The third-order valence-corrected chi connectivity index (χ3v) is 5.66. The van der Waals surface area contributed by atoms with Gasteiger partial charge in [-0.3, -0.25) is 0 Å². The molecule has 0 radical (unpaired) electrons. The van der Waals surface area contributed by atoms with Gasteiger partial charge in [-0.1, -0.05) is 0 Å². The van der Waals surface area contributed by atoms with Gasteiger partial charge in [0.05, 0.1) is 16.7 Å². The molecular formula is C14H14F3N5O3S. The number of sulfone groups is 1. The molecule has 0 saturated carbocycles. The quantitative estimate of drug-likeness (QED) is 0.588. The second-order valence-corrected chi connectivity index (χ2v) is 7.55. The maximum Gasteiger partial charge on any atom is 0.421 e. The summed E-state index contributed by atoms with van der Waals surface area (Å²) in [6.45, 7) is 0. The smallest absolute Gasteiger partial charge is 0.372 e. The number of rotatable bonds is 4. The first-order valence-corrected chi connectivity index (χ1v) is 8.96. The SMILES string of the molecule is CNc1nc(Nc2ccc3c(c2)C(NO)CS3(=O)=O)ncc1C(F)(F)F. The molecule has 0 saturated heterocycles. The minimum atomic E-state index is -4.60. The van der Waals surface area contributed by atoms with Crippen molar-refractivity contribution in [1.82, 2.24) is 15.4 Å². The van der Waals surface area contributed by atoms with Crippen molar-refractivity contribution in [2.75, 3.05) is 23.4 Å². The predicted octanol–water partition coefficient (Wildman–Crippen LogP) is 2.09. The van der Waals surface area contributed by atoms with Crippen molar-refractivity contribution < 1.29 is 26.8 Å². The molecule has 0 bridgehead atoms. The summed E-state index contributed by atoms with van der Waals surface area (Å²) in [5, 5.41) is 14.2. The van der Waals surface area contributed by atoms with Gasteiger partial charge in [0.25, 0.3) is 0 Å². The lowest BCUT2D eigenvalue weighted by Crippen LogP contribution is -2.18. The van der Waals surface area contributed by atoms with Crippen molar-refractivity contribution in [3.05, 3.63) is 35.5 Å². The number of halogens is 3. The van der Waals surface area contributed by atoms with Crippen LogP contribution in [-0.4, -0.2) is 36.4 Å². The van der Waals surface area contributed by atoms with E-state index in [0.29, 0.717) is 17.4 Å². The second kappa shape index (κ2) is 6.37. The van der Waals surface area contributed by atoms with E-state index in [9.17, 15) is 21.6 Å². The third kappa shape index (κ3) is 3.30. The number of benzene rings is 1. The minimum absolute atomic E-state index is 0.0823. The molecule has 2 aromatic rings. The molecule has 140 valence electrons. The summed E-state index contributed by atoms with van der Waals surface area (Å²) < 4.78 is 62.6. The third-order valence-electron chi connectivity index (χ3n) is 3.85. The Labute approximate surface area is 146 Å². The van der Waals surface area contributed by atoms with Gasteiger partial charge < -0.3 is 15.8 Å². The highest BCUT2D eigenvalue weighted by molar-refractivity contribution is 7.91. The van der Waals surface area contributed by atoms with E-state index in [1.54, 1.807) is 0 Å².